The molecule has 1 heterocycles. The Bertz CT molecular complexity index is 900. The molecule has 0 unspecified atom stereocenters. The molecule has 0 saturated heterocycles. The lowest BCUT2D eigenvalue weighted by Crippen LogP contribution is -2.26. The van der Waals surface area contributed by atoms with E-state index in [-0.39, 0.29) is 0 Å². The van der Waals surface area contributed by atoms with Crippen LogP contribution in [0.4, 0.5) is 11.4 Å². The van der Waals surface area contributed by atoms with Crippen molar-refractivity contribution in [1.29, 1.82) is 0 Å². The molecule has 34 heavy (non-hydrogen) atoms. The molecule has 188 valence electrons. The fourth-order valence-corrected chi connectivity index (χ4v) is 6.78. The molecule has 0 aromatic heterocycles. The quantitative estimate of drug-likeness (QED) is 0.210. The van der Waals surface area contributed by atoms with E-state index >= 15 is 0 Å². The van der Waals surface area contributed by atoms with E-state index in [0.717, 1.165) is 24.3 Å². The van der Waals surface area contributed by atoms with Crippen molar-refractivity contribution in [2.75, 3.05) is 11.4 Å². The average molecular weight is 484 g/mol. The minimum absolute atomic E-state index is 0.435. The number of rotatable bonds is 17. The van der Waals surface area contributed by atoms with E-state index in [0.29, 0.717) is 9.79 Å². The van der Waals surface area contributed by atoms with Crippen LogP contribution in [0.2, 0.25) is 0 Å². The van der Waals surface area contributed by atoms with Gasteiger partial charge >= 0.3 is 0 Å². The number of fused-ring (bicyclic) bond motifs is 2. The molecule has 2 aromatic rings. The average Bonchev–Trinajstić information content (AvgIpc) is 2.85. The summed E-state index contributed by atoms with van der Waals surface area (Å²) >= 11 is 0. The van der Waals surface area contributed by atoms with Gasteiger partial charge in [0, 0.05) is 6.54 Å². The summed E-state index contributed by atoms with van der Waals surface area (Å²) < 4.78 is 26.1. The van der Waals surface area contributed by atoms with Gasteiger partial charge in [0.05, 0.1) is 21.2 Å². The third-order valence-corrected chi connectivity index (χ3v) is 8.97. The second-order valence-electron chi connectivity index (χ2n) is 9.89. The van der Waals surface area contributed by atoms with Crippen LogP contribution >= 0.6 is 0 Å². The summed E-state index contributed by atoms with van der Waals surface area (Å²) in [6.45, 7) is 3.15. The van der Waals surface area contributed by atoms with Crippen molar-refractivity contribution >= 4 is 21.2 Å². The molecular formula is C30H45NO2S. The summed E-state index contributed by atoms with van der Waals surface area (Å²) in [6.07, 6.45) is 21.7. The van der Waals surface area contributed by atoms with Gasteiger partial charge in [0.15, 0.2) is 0 Å². The Balaban J connectivity index is 1.29. The van der Waals surface area contributed by atoms with E-state index in [4.69, 9.17) is 0 Å². The Hall–Kier alpha value is -1.81. The summed E-state index contributed by atoms with van der Waals surface area (Å²) in [6, 6.07) is 14.9. The smallest absolute Gasteiger partial charge is 0.210 e. The summed E-state index contributed by atoms with van der Waals surface area (Å²) in [5, 5.41) is 0. The Morgan fingerprint density at radius 2 is 0.882 bits per heavy atom. The van der Waals surface area contributed by atoms with Crippen molar-refractivity contribution < 1.29 is 8.42 Å². The lowest BCUT2D eigenvalue weighted by Gasteiger charge is -2.32. The van der Waals surface area contributed by atoms with Crippen molar-refractivity contribution in [2.24, 2.45) is 0 Å². The Morgan fingerprint density at radius 3 is 1.29 bits per heavy atom. The number of para-hydroxylation sites is 2. The third-order valence-electron chi connectivity index (χ3n) is 7.13. The first-order valence-electron chi connectivity index (χ1n) is 13.9. The van der Waals surface area contributed by atoms with Gasteiger partial charge in [-0.2, -0.15) is 0 Å². The maximum absolute atomic E-state index is 13.0. The maximum atomic E-state index is 13.0. The van der Waals surface area contributed by atoms with Gasteiger partial charge < -0.3 is 4.90 Å². The molecule has 3 nitrogen and oxygen atoms in total. The van der Waals surface area contributed by atoms with Gasteiger partial charge in [-0.15, -0.1) is 0 Å². The van der Waals surface area contributed by atoms with Gasteiger partial charge in [-0.25, -0.2) is 8.42 Å². The lowest BCUT2D eigenvalue weighted by atomic mass is 10.0. The zero-order valence-electron chi connectivity index (χ0n) is 21.3. The predicted molar refractivity (Wildman–Crippen MR) is 145 cm³/mol. The van der Waals surface area contributed by atoms with Gasteiger partial charge in [0.2, 0.25) is 9.84 Å². The number of unbranched alkanes of at least 4 members (excludes halogenated alkanes) is 15. The van der Waals surface area contributed by atoms with Gasteiger partial charge in [0.25, 0.3) is 0 Å². The molecular weight excluding hydrogens is 438 g/mol. The Morgan fingerprint density at radius 1 is 0.529 bits per heavy atom. The second kappa shape index (κ2) is 14.6. The summed E-state index contributed by atoms with van der Waals surface area (Å²) in [7, 11) is -3.44. The zero-order chi connectivity index (χ0) is 24.1. The molecule has 0 radical (unpaired) electrons. The molecule has 0 saturated carbocycles. The highest BCUT2D eigenvalue weighted by Crippen LogP contribution is 2.43. The number of hydrogen-bond acceptors (Lipinski definition) is 3. The Labute approximate surface area is 208 Å². The summed E-state index contributed by atoms with van der Waals surface area (Å²) in [4.78, 5) is 3.07. The van der Waals surface area contributed by atoms with E-state index in [9.17, 15) is 8.42 Å². The Kier molecular flexibility index (Phi) is 11.5. The van der Waals surface area contributed by atoms with Gasteiger partial charge in [0.1, 0.15) is 0 Å². The fourth-order valence-electron chi connectivity index (χ4n) is 5.12. The molecule has 0 amide bonds. The number of sulfone groups is 1. The van der Waals surface area contributed by atoms with Crippen LogP contribution in [0, 0.1) is 0 Å². The van der Waals surface area contributed by atoms with Crippen molar-refractivity contribution in [1.82, 2.24) is 0 Å². The van der Waals surface area contributed by atoms with E-state index in [1.807, 2.05) is 36.4 Å². The van der Waals surface area contributed by atoms with Crippen LogP contribution in [-0.2, 0) is 9.84 Å². The third kappa shape index (κ3) is 7.60. The van der Waals surface area contributed by atoms with Gasteiger partial charge in [-0.1, -0.05) is 128 Å². The summed E-state index contributed by atoms with van der Waals surface area (Å²) in [5.41, 5.74) is 1.64. The number of benzene rings is 2. The first-order chi connectivity index (χ1) is 16.7. The summed E-state index contributed by atoms with van der Waals surface area (Å²) in [5.74, 6) is 0. The molecule has 0 N–H and O–H groups in total. The van der Waals surface area contributed by atoms with Crippen LogP contribution in [0.25, 0.3) is 0 Å². The SMILES string of the molecule is CCCCCCCCCCCCCCCCCCN1c2ccccc2S(=O)(=O)c2ccccc21. The number of nitrogens with zero attached hydrogens (tertiary/aromatic N) is 1. The normalized spacial score (nSPS) is 14.1. The van der Waals surface area contributed by atoms with Crippen molar-refractivity contribution in [3.8, 4) is 0 Å². The minimum Gasteiger partial charge on any atom is -0.339 e. The molecule has 0 fully saturated rings. The first kappa shape index (κ1) is 26.8. The first-order valence-corrected chi connectivity index (χ1v) is 15.3. The largest absolute Gasteiger partial charge is 0.339 e. The van der Waals surface area contributed by atoms with Crippen LogP contribution in [0.15, 0.2) is 58.3 Å². The molecule has 3 rings (SSSR count). The van der Waals surface area contributed by atoms with Crippen LogP contribution < -0.4 is 4.90 Å². The van der Waals surface area contributed by atoms with E-state index in [1.165, 1.54) is 96.3 Å². The van der Waals surface area contributed by atoms with E-state index in [2.05, 4.69) is 11.8 Å². The number of hydrogen-bond donors (Lipinski definition) is 0. The topological polar surface area (TPSA) is 37.4 Å². The maximum Gasteiger partial charge on any atom is 0.210 e. The molecule has 0 spiro atoms. The molecule has 0 bridgehead atoms. The van der Waals surface area contributed by atoms with Crippen molar-refractivity contribution in [3.63, 3.8) is 0 Å². The van der Waals surface area contributed by atoms with Crippen LogP contribution in [0.3, 0.4) is 0 Å². The fraction of sp³-hybridized carbons (Fsp3) is 0.600. The lowest BCUT2D eigenvalue weighted by molar-refractivity contribution is 0.530. The minimum atomic E-state index is -3.44. The van der Waals surface area contributed by atoms with E-state index in [1.54, 1.807) is 12.1 Å². The zero-order valence-corrected chi connectivity index (χ0v) is 22.1. The standard InChI is InChI=1S/C30H45NO2S/c1-2-3-4-5-6-7-8-9-10-11-12-13-14-15-16-21-26-31-27-22-17-19-24-29(27)34(32,33)30-25-20-18-23-28(30)31/h17-20,22-25H,2-16,21,26H2,1H3. The highest BCUT2D eigenvalue weighted by Gasteiger charge is 2.33. The highest BCUT2D eigenvalue weighted by atomic mass is 32.2. The molecule has 4 heteroatoms. The molecule has 2 aromatic carbocycles. The van der Waals surface area contributed by atoms with Crippen molar-refractivity contribution in [2.45, 2.75) is 119 Å². The van der Waals surface area contributed by atoms with Gasteiger partial charge in [-0.05, 0) is 30.7 Å². The molecule has 1 aliphatic heterocycles. The number of anilines is 2. The van der Waals surface area contributed by atoms with E-state index < -0.39 is 9.84 Å². The molecule has 0 atom stereocenters. The monoisotopic (exact) mass is 483 g/mol. The van der Waals surface area contributed by atoms with Crippen molar-refractivity contribution in [3.05, 3.63) is 48.5 Å². The van der Waals surface area contributed by atoms with Gasteiger partial charge in [-0.3, -0.25) is 0 Å². The molecule has 1 aliphatic rings. The predicted octanol–water partition coefficient (Wildman–Crippen LogP) is 9.23. The second-order valence-corrected chi connectivity index (χ2v) is 11.8. The highest BCUT2D eigenvalue weighted by molar-refractivity contribution is 7.92. The van der Waals surface area contributed by atoms with Crippen LogP contribution in [-0.4, -0.2) is 15.0 Å². The molecule has 0 aliphatic carbocycles. The van der Waals surface area contributed by atoms with Crippen LogP contribution in [0.5, 0.6) is 0 Å². The van der Waals surface area contributed by atoms with Crippen LogP contribution in [0.1, 0.15) is 110 Å².